The van der Waals surface area contributed by atoms with Gasteiger partial charge in [-0.2, -0.15) is 0 Å². The first-order chi connectivity index (χ1) is 11.1. The zero-order chi connectivity index (χ0) is 16.0. The largest absolute Gasteiger partial charge is 0.450 e. The van der Waals surface area contributed by atoms with Gasteiger partial charge in [0.25, 0.3) is 0 Å². The lowest BCUT2D eigenvalue weighted by Crippen LogP contribution is -2.09. The Labute approximate surface area is 132 Å². The number of hydrogen-bond donors (Lipinski definition) is 1. The molecule has 116 valence electrons. The first-order valence-corrected chi connectivity index (χ1v) is 7.46. The van der Waals surface area contributed by atoms with E-state index >= 15 is 0 Å². The van der Waals surface area contributed by atoms with E-state index in [1.54, 1.807) is 6.33 Å². The van der Waals surface area contributed by atoms with Gasteiger partial charge in [-0.25, -0.2) is 9.97 Å². The van der Waals surface area contributed by atoms with E-state index in [4.69, 9.17) is 8.94 Å². The summed E-state index contributed by atoms with van der Waals surface area (Å²) in [6, 6.07) is 7.83. The van der Waals surface area contributed by atoms with E-state index in [-0.39, 0.29) is 6.04 Å². The summed E-state index contributed by atoms with van der Waals surface area (Å²) < 4.78 is 11.2. The highest BCUT2D eigenvalue weighted by molar-refractivity contribution is 6.05. The van der Waals surface area contributed by atoms with Gasteiger partial charge >= 0.3 is 0 Å². The van der Waals surface area contributed by atoms with Gasteiger partial charge in [-0.3, -0.25) is 0 Å². The maximum Gasteiger partial charge on any atom is 0.196 e. The van der Waals surface area contributed by atoms with Crippen LogP contribution in [-0.2, 0) is 0 Å². The predicted octanol–water partition coefficient (Wildman–Crippen LogP) is 4.15. The Morgan fingerprint density at radius 1 is 1.13 bits per heavy atom. The molecule has 0 amide bonds. The number of fused-ring (bicyclic) bond motifs is 3. The van der Waals surface area contributed by atoms with Gasteiger partial charge in [-0.15, -0.1) is 0 Å². The van der Waals surface area contributed by atoms with Gasteiger partial charge in [-0.05, 0) is 32.9 Å². The number of aryl methyl sites for hydroxylation is 2. The summed E-state index contributed by atoms with van der Waals surface area (Å²) in [5.74, 6) is 1.47. The normalized spacial score (nSPS) is 12.8. The fourth-order valence-electron chi connectivity index (χ4n) is 3.01. The molecule has 1 atom stereocenters. The molecule has 1 N–H and O–H groups in total. The summed E-state index contributed by atoms with van der Waals surface area (Å²) >= 11 is 0. The molecule has 4 aromatic rings. The molecular weight excluding hydrogens is 292 g/mol. The quantitative estimate of drug-likeness (QED) is 0.612. The highest BCUT2D eigenvalue weighted by Crippen LogP contribution is 2.32. The number of aromatic nitrogens is 3. The fraction of sp³-hybridized carbons (Fsp3) is 0.235. The topological polar surface area (TPSA) is 77.0 Å². The van der Waals surface area contributed by atoms with Crippen LogP contribution in [0.5, 0.6) is 0 Å². The Morgan fingerprint density at radius 2 is 1.96 bits per heavy atom. The fourth-order valence-corrected chi connectivity index (χ4v) is 3.01. The smallest absolute Gasteiger partial charge is 0.196 e. The van der Waals surface area contributed by atoms with E-state index in [2.05, 4.69) is 20.4 Å². The van der Waals surface area contributed by atoms with Crippen molar-refractivity contribution in [3.8, 4) is 0 Å². The number of anilines is 1. The van der Waals surface area contributed by atoms with E-state index in [0.29, 0.717) is 11.4 Å². The summed E-state index contributed by atoms with van der Waals surface area (Å²) in [6.45, 7) is 5.88. The lowest BCUT2D eigenvalue weighted by Gasteiger charge is -2.14. The second-order valence-electron chi connectivity index (χ2n) is 5.60. The molecule has 23 heavy (non-hydrogen) atoms. The molecule has 0 aliphatic heterocycles. The van der Waals surface area contributed by atoms with Crippen molar-refractivity contribution in [3.63, 3.8) is 0 Å². The minimum Gasteiger partial charge on any atom is -0.450 e. The van der Waals surface area contributed by atoms with Crippen LogP contribution >= 0.6 is 0 Å². The molecule has 0 radical (unpaired) electrons. The molecule has 3 aromatic heterocycles. The molecule has 0 aliphatic carbocycles. The van der Waals surface area contributed by atoms with Crippen LogP contribution in [-0.4, -0.2) is 15.1 Å². The molecule has 6 heteroatoms. The average molecular weight is 308 g/mol. The van der Waals surface area contributed by atoms with Crippen molar-refractivity contribution < 1.29 is 8.94 Å². The van der Waals surface area contributed by atoms with Crippen molar-refractivity contribution in [2.45, 2.75) is 26.8 Å². The minimum atomic E-state index is -0.00689. The average Bonchev–Trinajstić information content (AvgIpc) is 3.08. The molecule has 0 saturated carbocycles. The third-order valence-electron chi connectivity index (χ3n) is 4.03. The lowest BCUT2D eigenvalue weighted by atomic mass is 10.1. The maximum absolute atomic E-state index is 5.94. The van der Waals surface area contributed by atoms with Crippen LogP contribution in [0.3, 0.4) is 0 Å². The summed E-state index contributed by atoms with van der Waals surface area (Å²) in [6.07, 6.45) is 1.55. The van der Waals surface area contributed by atoms with Crippen LogP contribution < -0.4 is 5.32 Å². The highest BCUT2D eigenvalue weighted by atomic mass is 16.5. The third-order valence-corrected chi connectivity index (χ3v) is 4.03. The molecule has 1 unspecified atom stereocenters. The Hall–Kier alpha value is -2.89. The Bertz CT molecular complexity index is 983. The molecular formula is C17H16N4O2. The summed E-state index contributed by atoms with van der Waals surface area (Å²) in [5, 5.41) is 8.37. The Balaban J connectivity index is 1.80. The van der Waals surface area contributed by atoms with Crippen LogP contribution in [0.15, 0.2) is 39.5 Å². The van der Waals surface area contributed by atoms with Crippen molar-refractivity contribution >= 4 is 27.9 Å². The van der Waals surface area contributed by atoms with Gasteiger partial charge in [-0.1, -0.05) is 17.3 Å². The number of nitrogens with one attached hydrogen (secondary N) is 1. The molecule has 3 heterocycles. The standard InChI is InChI=1S/C17H16N4O2/c1-9(14-10(2)21-23-11(14)3)20-17-16-15(18-8-19-17)12-6-4-5-7-13(12)22-16/h4-9H,1-3H3,(H,18,19,20). The number of para-hydroxylation sites is 1. The van der Waals surface area contributed by atoms with Crippen LogP contribution in [0.25, 0.3) is 22.1 Å². The molecule has 4 rings (SSSR count). The maximum atomic E-state index is 5.94. The van der Waals surface area contributed by atoms with Crippen molar-refractivity contribution in [3.05, 3.63) is 47.6 Å². The summed E-state index contributed by atoms with van der Waals surface area (Å²) in [7, 11) is 0. The Morgan fingerprint density at radius 3 is 2.74 bits per heavy atom. The highest BCUT2D eigenvalue weighted by Gasteiger charge is 2.19. The first-order valence-electron chi connectivity index (χ1n) is 7.46. The van der Waals surface area contributed by atoms with E-state index < -0.39 is 0 Å². The predicted molar refractivity (Wildman–Crippen MR) is 87.3 cm³/mol. The SMILES string of the molecule is Cc1noc(C)c1C(C)Nc1ncnc2c1oc1ccccc12. The molecule has 0 spiro atoms. The van der Waals surface area contributed by atoms with Crippen molar-refractivity contribution in [1.82, 2.24) is 15.1 Å². The van der Waals surface area contributed by atoms with Gasteiger partial charge in [0.15, 0.2) is 11.4 Å². The molecule has 0 saturated heterocycles. The van der Waals surface area contributed by atoms with Gasteiger partial charge in [0.2, 0.25) is 0 Å². The molecule has 1 aromatic carbocycles. The van der Waals surface area contributed by atoms with Crippen molar-refractivity contribution in [1.29, 1.82) is 0 Å². The number of benzene rings is 1. The zero-order valence-corrected chi connectivity index (χ0v) is 13.1. The monoisotopic (exact) mass is 308 g/mol. The lowest BCUT2D eigenvalue weighted by molar-refractivity contribution is 0.392. The number of nitrogens with zero attached hydrogens (tertiary/aromatic N) is 3. The number of rotatable bonds is 3. The zero-order valence-electron chi connectivity index (χ0n) is 13.1. The van der Waals surface area contributed by atoms with Crippen molar-refractivity contribution in [2.75, 3.05) is 5.32 Å². The second-order valence-corrected chi connectivity index (χ2v) is 5.60. The van der Waals surface area contributed by atoms with Gasteiger partial charge in [0.1, 0.15) is 23.2 Å². The minimum absolute atomic E-state index is 0.00689. The Kier molecular flexibility index (Phi) is 3.04. The van der Waals surface area contributed by atoms with Crippen LogP contribution in [0.2, 0.25) is 0 Å². The second kappa shape index (κ2) is 5.08. The molecule has 0 bridgehead atoms. The van der Waals surface area contributed by atoms with Gasteiger partial charge in [0.05, 0.1) is 11.7 Å². The van der Waals surface area contributed by atoms with E-state index in [0.717, 1.165) is 33.5 Å². The third kappa shape index (κ3) is 2.14. The summed E-state index contributed by atoms with van der Waals surface area (Å²) in [5.41, 5.74) is 4.18. The van der Waals surface area contributed by atoms with E-state index in [1.165, 1.54) is 0 Å². The van der Waals surface area contributed by atoms with Crippen LogP contribution in [0.4, 0.5) is 5.82 Å². The summed E-state index contributed by atoms with van der Waals surface area (Å²) in [4.78, 5) is 8.70. The molecule has 0 fully saturated rings. The van der Waals surface area contributed by atoms with E-state index in [1.807, 2.05) is 45.0 Å². The van der Waals surface area contributed by atoms with Crippen LogP contribution in [0.1, 0.15) is 30.0 Å². The van der Waals surface area contributed by atoms with Gasteiger partial charge in [0, 0.05) is 10.9 Å². The first kappa shape index (κ1) is 13.8. The number of hydrogen-bond acceptors (Lipinski definition) is 6. The molecule has 6 nitrogen and oxygen atoms in total. The van der Waals surface area contributed by atoms with Crippen molar-refractivity contribution in [2.24, 2.45) is 0 Å². The van der Waals surface area contributed by atoms with Crippen LogP contribution in [0, 0.1) is 13.8 Å². The number of furan rings is 1. The van der Waals surface area contributed by atoms with E-state index in [9.17, 15) is 0 Å². The molecule has 0 aliphatic rings. The van der Waals surface area contributed by atoms with Gasteiger partial charge < -0.3 is 14.3 Å².